The van der Waals surface area contributed by atoms with Gasteiger partial charge in [0.2, 0.25) is 0 Å². The van der Waals surface area contributed by atoms with Gasteiger partial charge in [-0.1, -0.05) is 13.0 Å². The van der Waals surface area contributed by atoms with E-state index in [-0.39, 0.29) is 18.0 Å². The Morgan fingerprint density at radius 1 is 1.35 bits per heavy atom. The van der Waals surface area contributed by atoms with Gasteiger partial charge in [0.1, 0.15) is 5.82 Å². The van der Waals surface area contributed by atoms with Crippen LogP contribution in [0.1, 0.15) is 36.6 Å². The molecule has 0 aromatic heterocycles. The van der Waals surface area contributed by atoms with Crippen LogP contribution in [0, 0.1) is 19.7 Å². The van der Waals surface area contributed by atoms with Crippen LogP contribution in [0.5, 0.6) is 0 Å². The van der Waals surface area contributed by atoms with Crippen molar-refractivity contribution < 1.29 is 9.13 Å². The van der Waals surface area contributed by atoms with Crippen molar-refractivity contribution in [2.75, 3.05) is 13.7 Å². The van der Waals surface area contributed by atoms with Gasteiger partial charge < -0.3 is 10.1 Å². The minimum Gasteiger partial charge on any atom is -0.380 e. The topological polar surface area (TPSA) is 21.3 Å². The van der Waals surface area contributed by atoms with Crippen LogP contribution in [-0.4, -0.2) is 19.8 Å². The maximum absolute atomic E-state index is 14.1. The smallest absolute Gasteiger partial charge is 0.128 e. The lowest BCUT2D eigenvalue weighted by Gasteiger charge is -2.26. The molecular formula is C14H22FNO. The van der Waals surface area contributed by atoms with Crippen molar-refractivity contribution in [3.8, 4) is 0 Å². The lowest BCUT2D eigenvalue weighted by atomic mass is 9.95. The van der Waals surface area contributed by atoms with Gasteiger partial charge in [0.15, 0.2) is 0 Å². The molecule has 3 heteroatoms. The van der Waals surface area contributed by atoms with Gasteiger partial charge in [-0.3, -0.25) is 0 Å². The summed E-state index contributed by atoms with van der Waals surface area (Å²) in [5, 5.41) is 3.29. The molecule has 0 amide bonds. The molecule has 0 heterocycles. The second-order valence-corrected chi connectivity index (χ2v) is 4.45. The highest BCUT2D eigenvalue weighted by atomic mass is 19.1. The van der Waals surface area contributed by atoms with Crippen LogP contribution in [-0.2, 0) is 4.74 Å². The van der Waals surface area contributed by atoms with E-state index in [9.17, 15) is 4.39 Å². The average Bonchev–Trinajstić information content (AvgIpc) is 2.25. The minimum atomic E-state index is -0.155. The summed E-state index contributed by atoms with van der Waals surface area (Å²) in [5.74, 6) is -0.155. The molecular weight excluding hydrogens is 217 g/mol. The highest BCUT2D eigenvalue weighted by molar-refractivity contribution is 5.35. The zero-order valence-corrected chi connectivity index (χ0v) is 11.3. The highest BCUT2D eigenvalue weighted by Gasteiger charge is 2.23. The van der Waals surface area contributed by atoms with Gasteiger partial charge in [-0.05, 0) is 44.5 Å². The van der Waals surface area contributed by atoms with Crippen molar-refractivity contribution in [2.45, 2.75) is 39.8 Å². The molecule has 0 aliphatic rings. The van der Waals surface area contributed by atoms with E-state index in [4.69, 9.17) is 4.74 Å². The van der Waals surface area contributed by atoms with Gasteiger partial charge in [-0.25, -0.2) is 4.39 Å². The third-order valence-corrected chi connectivity index (χ3v) is 3.06. The van der Waals surface area contributed by atoms with E-state index in [1.807, 2.05) is 33.8 Å². The number of hydrogen-bond donors (Lipinski definition) is 1. The predicted octanol–water partition coefficient (Wildman–Crippen LogP) is 3.13. The van der Waals surface area contributed by atoms with E-state index in [2.05, 4.69) is 5.32 Å². The molecule has 0 aliphatic heterocycles. The Labute approximate surface area is 103 Å². The van der Waals surface area contributed by atoms with Crippen molar-refractivity contribution in [2.24, 2.45) is 0 Å². The number of benzene rings is 1. The zero-order chi connectivity index (χ0) is 13.0. The number of methoxy groups -OCH3 is 1. The molecule has 0 fully saturated rings. The Hall–Kier alpha value is -0.930. The summed E-state index contributed by atoms with van der Waals surface area (Å²) >= 11 is 0. The first-order chi connectivity index (χ1) is 8.01. The lowest BCUT2D eigenvalue weighted by molar-refractivity contribution is 0.0821. The van der Waals surface area contributed by atoms with Crippen LogP contribution in [0.25, 0.3) is 0 Å². The molecule has 0 saturated heterocycles. The Kier molecular flexibility index (Phi) is 5.09. The first kappa shape index (κ1) is 14.1. The van der Waals surface area contributed by atoms with Crippen molar-refractivity contribution in [3.05, 3.63) is 34.6 Å². The van der Waals surface area contributed by atoms with Crippen molar-refractivity contribution in [1.29, 1.82) is 0 Å². The summed E-state index contributed by atoms with van der Waals surface area (Å²) < 4.78 is 19.4. The van der Waals surface area contributed by atoms with Crippen molar-refractivity contribution in [3.63, 3.8) is 0 Å². The molecule has 1 N–H and O–H groups in total. The number of nitrogens with one attached hydrogen (secondary N) is 1. The number of halogens is 1. The van der Waals surface area contributed by atoms with E-state index in [1.54, 1.807) is 13.2 Å². The summed E-state index contributed by atoms with van der Waals surface area (Å²) in [4.78, 5) is 0. The summed E-state index contributed by atoms with van der Waals surface area (Å²) in [6, 6.07) is 3.48. The SMILES string of the molecule is CCNC(c1c(C)cc(C)cc1F)C(C)OC. The molecule has 0 saturated carbocycles. The molecule has 1 aromatic carbocycles. The summed E-state index contributed by atoms with van der Waals surface area (Å²) in [6.45, 7) is 8.59. The van der Waals surface area contributed by atoms with Gasteiger partial charge in [-0.2, -0.15) is 0 Å². The van der Waals surface area contributed by atoms with Crippen molar-refractivity contribution >= 4 is 0 Å². The Bertz CT molecular complexity index is 355. The third-order valence-electron chi connectivity index (χ3n) is 3.06. The highest BCUT2D eigenvalue weighted by Crippen LogP contribution is 2.26. The molecule has 0 aliphatic carbocycles. The molecule has 0 spiro atoms. The minimum absolute atomic E-state index is 0.0640. The van der Waals surface area contributed by atoms with Crippen LogP contribution >= 0.6 is 0 Å². The largest absolute Gasteiger partial charge is 0.380 e. The van der Waals surface area contributed by atoms with Crippen LogP contribution in [0.4, 0.5) is 4.39 Å². The van der Waals surface area contributed by atoms with Crippen LogP contribution in [0.3, 0.4) is 0 Å². The number of hydrogen-bond acceptors (Lipinski definition) is 2. The summed E-state index contributed by atoms with van der Waals surface area (Å²) in [5.41, 5.74) is 2.63. The normalized spacial score (nSPS) is 14.7. The summed E-state index contributed by atoms with van der Waals surface area (Å²) in [6.07, 6.45) is -0.0640. The quantitative estimate of drug-likeness (QED) is 0.852. The molecule has 0 bridgehead atoms. The fourth-order valence-corrected chi connectivity index (χ4v) is 2.18. The predicted molar refractivity (Wildman–Crippen MR) is 68.8 cm³/mol. The maximum atomic E-state index is 14.1. The average molecular weight is 239 g/mol. The van der Waals surface area contributed by atoms with E-state index < -0.39 is 0 Å². The molecule has 2 unspecified atom stereocenters. The molecule has 1 aromatic rings. The Morgan fingerprint density at radius 3 is 2.47 bits per heavy atom. The van der Waals surface area contributed by atoms with E-state index in [0.29, 0.717) is 5.56 Å². The van der Waals surface area contributed by atoms with Gasteiger partial charge in [-0.15, -0.1) is 0 Å². The molecule has 2 atom stereocenters. The molecule has 0 radical (unpaired) electrons. The monoisotopic (exact) mass is 239 g/mol. The van der Waals surface area contributed by atoms with Gasteiger partial charge in [0.05, 0.1) is 12.1 Å². The fraction of sp³-hybridized carbons (Fsp3) is 0.571. The maximum Gasteiger partial charge on any atom is 0.128 e. The third kappa shape index (κ3) is 3.27. The number of rotatable bonds is 5. The fourth-order valence-electron chi connectivity index (χ4n) is 2.18. The second kappa shape index (κ2) is 6.12. The number of likely N-dealkylation sites (N-methyl/N-ethyl adjacent to an activating group) is 1. The lowest BCUT2D eigenvalue weighted by Crippen LogP contribution is -2.32. The molecule has 17 heavy (non-hydrogen) atoms. The molecule has 1 rings (SSSR count). The number of ether oxygens (including phenoxy) is 1. The second-order valence-electron chi connectivity index (χ2n) is 4.45. The van der Waals surface area contributed by atoms with Crippen LogP contribution in [0.2, 0.25) is 0 Å². The standard InChI is InChI=1S/C14H22FNO/c1-6-16-14(11(4)17-5)13-10(3)7-9(2)8-12(13)15/h7-8,11,14,16H,6H2,1-5H3. The molecule has 2 nitrogen and oxygen atoms in total. The Balaban J connectivity index is 3.18. The summed E-state index contributed by atoms with van der Waals surface area (Å²) in [7, 11) is 1.65. The Morgan fingerprint density at radius 2 is 2.00 bits per heavy atom. The van der Waals surface area contributed by atoms with E-state index in [0.717, 1.165) is 17.7 Å². The first-order valence-electron chi connectivity index (χ1n) is 6.04. The van der Waals surface area contributed by atoms with Gasteiger partial charge >= 0.3 is 0 Å². The number of aryl methyl sites for hydroxylation is 2. The zero-order valence-electron chi connectivity index (χ0n) is 11.3. The van der Waals surface area contributed by atoms with Crippen LogP contribution < -0.4 is 5.32 Å². The van der Waals surface area contributed by atoms with Crippen molar-refractivity contribution in [1.82, 2.24) is 5.32 Å². The van der Waals surface area contributed by atoms with E-state index >= 15 is 0 Å². The first-order valence-corrected chi connectivity index (χ1v) is 6.04. The molecule has 96 valence electrons. The van der Waals surface area contributed by atoms with Crippen LogP contribution in [0.15, 0.2) is 12.1 Å². The van der Waals surface area contributed by atoms with Gasteiger partial charge in [0.25, 0.3) is 0 Å². The van der Waals surface area contributed by atoms with Gasteiger partial charge in [0, 0.05) is 12.7 Å². The van der Waals surface area contributed by atoms with E-state index in [1.165, 1.54) is 0 Å².